The lowest BCUT2D eigenvalue weighted by atomic mass is 10.1. The first kappa shape index (κ1) is 14.9. The average Bonchev–Trinajstić information content (AvgIpc) is 2.40. The van der Waals surface area contributed by atoms with Crippen molar-refractivity contribution in [1.82, 2.24) is 0 Å². The summed E-state index contributed by atoms with van der Waals surface area (Å²) in [6.45, 7) is 1.96. The van der Waals surface area contributed by atoms with Crippen LogP contribution >= 0.6 is 23.2 Å². The lowest BCUT2D eigenvalue weighted by Gasteiger charge is -2.08. The van der Waals surface area contributed by atoms with E-state index >= 15 is 0 Å². The molecule has 1 amide bonds. The van der Waals surface area contributed by atoms with Crippen molar-refractivity contribution in [2.24, 2.45) is 0 Å². The monoisotopic (exact) mass is 307 g/mol. The van der Waals surface area contributed by atoms with Crippen LogP contribution in [0.2, 0.25) is 10.0 Å². The Morgan fingerprint density at radius 2 is 1.90 bits per heavy atom. The van der Waals surface area contributed by atoms with E-state index in [-0.39, 0.29) is 5.91 Å². The predicted octanol–water partition coefficient (Wildman–Crippen LogP) is 4.87. The maximum atomic E-state index is 11.9. The first-order valence-electron chi connectivity index (χ1n) is 6.35. The topological polar surface area (TPSA) is 29.1 Å². The zero-order valence-corrected chi connectivity index (χ0v) is 12.6. The minimum Gasteiger partial charge on any atom is -0.326 e. The Hall–Kier alpha value is -1.51. The summed E-state index contributed by atoms with van der Waals surface area (Å²) < 4.78 is 0. The zero-order valence-electron chi connectivity index (χ0n) is 11.1. The Balaban J connectivity index is 1.94. The van der Waals surface area contributed by atoms with E-state index in [0.717, 1.165) is 16.8 Å². The average molecular weight is 308 g/mol. The van der Waals surface area contributed by atoms with Gasteiger partial charge in [-0.25, -0.2) is 0 Å². The van der Waals surface area contributed by atoms with E-state index < -0.39 is 0 Å². The molecule has 0 atom stereocenters. The molecular weight excluding hydrogens is 293 g/mol. The first-order chi connectivity index (χ1) is 9.56. The number of rotatable bonds is 4. The quantitative estimate of drug-likeness (QED) is 0.857. The molecule has 0 aliphatic heterocycles. The molecule has 0 aliphatic rings. The molecule has 0 fully saturated rings. The highest BCUT2D eigenvalue weighted by Crippen LogP contribution is 2.22. The van der Waals surface area contributed by atoms with E-state index in [1.54, 1.807) is 12.1 Å². The molecular formula is C16H15Cl2NO. The van der Waals surface area contributed by atoms with Crippen molar-refractivity contribution in [1.29, 1.82) is 0 Å². The third-order valence-electron chi connectivity index (χ3n) is 3.06. The molecule has 0 aliphatic carbocycles. The molecule has 2 aromatic carbocycles. The number of nitrogens with one attached hydrogen (secondary N) is 1. The Morgan fingerprint density at radius 3 is 2.60 bits per heavy atom. The molecule has 0 bridgehead atoms. The minimum absolute atomic E-state index is 0.0229. The van der Waals surface area contributed by atoms with Gasteiger partial charge >= 0.3 is 0 Å². The van der Waals surface area contributed by atoms with Gasteiger partial charge < -0.3 is 5.32 Å². The number of halogens is 2. The number of carbonyl (C=O) groups is 1. The standard InChI is InChI=1S/C16H15Cl2NO/c1-11-4-2-3-5-15(11)19-16(20)9-7-12-6-8-13(17)10-14(12)18/h2-6,8,10H,7,9H2,1H3,(H,19,20). The molecule has 4 heteroatoms. The summed E-state index contributed by atoms with van der Waals surface area (Å²) >= 11 is 11.9. The van der Waals surface area contributed by atoms with Gasteiger partial charge in [-0.3, -0.25) is 4.79 Å². The zero-order chi connectivity index (χ0) is 14.5. The van der Waals surface area contributed by atoms with Gasteiger partial charge in [0.1, 0.15) is 0 Å². The highest BCUT2D eigenvalue weighted by molar-refractivity contribution is 6.35. The molecule has 2 rings (SSSR count). The summed E-state index contributed by atoms with van der Waals surface area (Å²) in [6.07, 6.45) is 0.976. The van der Waals surface area contributed by atoms with E-state index in [0.29, 0.717) is 22.9 Å². The molecule has 2 aromatic rings. The molecule has 0 unspecified atom stereocenters. The molecule has 1 N–H and O–H groups in total. The van der Waals surface area contributed by atoms with Crippen molar-refractivity contribution in [3.63, 3.8) is 0 Å². The Bertz CT molecular complexity index is 626. The summed E-state index contributed by atoms with van der Waals surface area (Å²) in [5.74, 6) is -0.0229. The summed E-state index contributed by atoms with van der Waals surface area (Å²) in [7, 11) is 0. The van der Waals surface area contributed by atoms with Crippen molar-refractivity contribution in [2.75, 3.05) is 5.32 Å². The van der Waals surface area contributed by atoms with E-state index in [4.69, 9.17) is 23.2 Å². The van der Waals surface area contributed by atoms with Gasteiger partial charge in [0.25, 0.3) is 0 Å². The van der Waals surface area contributed by atoms with Crippen LogP contribution in [0.15, 0.2) is 42.5 Å². The molecule has 0 heterocycles. The number of hydrogen-bond acceptors (Lipinski definition) is 1. The molecule has 0 aromatic heterocycles. The molecule has 20 heavy (non-hydrogen) atoms. The van der Waals surface area contributed by atoms with Gasteiger partial charge in [0, 0.05) is 22.2 Å². The minimum atomic E-state index is -0.0229. The molecule has 0 saturated carbocycles. The van der Waals surface area contributed by atoms with Crippen LogP contribution in [0, 0.1) is 6.92 Å². The number of amides is 1. The third kappa shape index (κ3) is 3.99. The number of anilines is 1. The maximum Gasteiger partial charge on any atom is 0.224 e. The number of benzene rings is 2. The molecule has 0 saturated heterocycles. The van der Waals surface area contributed by atoms with Crippen molar-refractivity contribution in [2.45, 2.75) is 19.8 Å². The Morgan fingerprint density at radius 1 is 1.15 bits per heavy atom. The van der Waals surface area contributed by atoms with Gasteiger partial charge in [-0.15, -0.1) is 0 Å². The second-order valence-electron chi connectivity index (χ2n) is 4.60. The smallest absolute Gasteiger partial charge is 0.224 e. The lowest BCUT2D eigenvalue weighted by Crippen LogP contribution is -2.13. The van der Waals surface area contributed by atoms with Crippen LogP contribution in [0.25, 0.3) is 0 Å². The molecule has 0 spiro atoms. The maximum absolute atomic E-state index is 11.9. The van der Waals surface area contributed by atoms with Gasteiger partial charge in [-0.05, 0) is 42.7 Å². The van der Waals surface area contributed by atoms with E-state index in [1.165, 1.54) is 0 Å². The molecule has 104 valence electrons. The van der Waals surface area contributed by atoms with Crippen LogP contribution in [0.4, 0.5) is 5.69 Å². The number of para-hydroxylation sites is 1. The summed E-state index contributed by atoms with van der Waals surface area (Å²) in [5, 5.41) is 4.10. The van der Waals surface area contributed by atoms with Crippen LogP contribution in [0.5, 0.6) is 0 Å². The van der Waals surface area contributed by atoms with Crippen LogP contribution in [0.1, 0.15) is 17.5 Å². The fraction of sp³-hybridized carbons (Fsp3) is 0.188. The van der Waals surface area contributed by atoms with E-state index in [2.05, 4.69) is 5.32 Å². The van der Waals surface area contributed by atoms with Crippen molar-refractivity contribution < 1.29 is 4.79 Å². The molecule has 0 radical (unpaired) electrons. The van der Waals surface area contributed by atoms with Crippen molar-refractivity contribution >= 4 is 34.8 Å². The summed E-state index contributed by atoms with van der Waals surface area (Å²) in [4.78, 5) is 11.9. The van der Waals surface area contributed by atoms with E-state index in [1.807, 2.05) is 37.3 Å². The third-order valence-corrected chi connectivity index (χ3v) is 3.64. The van der Waals surface area contributed by atoms with Gasteiger partial charge in [0.15, 0.2) is 0 Å². The molecule has 2 nitrogen and oxygen atoms in total. The number of aryl methyl sites for hydroxylation is 2. The highest BCUT2D eigenvalue weighted by Gasteiger charge is 2.07. The van der Waals surface area contributed by atoms with Crippen LogP contribution in [-0.4, -0.2) is 5.91 Å². The normalized spacial score (nSPS) is 10.3. The lowest BCUT2D eigenvalue weighted by molar-refractivity contribution is -0.116. The SMILES string of the molecule is Cc1ccccc1NC(=O)CCc1ccc(Cl)cc1Cl. The van der Waals surface area contributed by atoms with E-state index in [9.17, 15) is 4.79 Å². The Kier molecular flexibility index (Phi) is 5.05. The largest absolute Gasteiger partial charge is 0.326 e. The van der Waals surface area contributed by atoms with Gasteiger partial charge in [0.05, 0.1) is 0 Å². The van der Waals surface area contributed by atoms with Crippen molar-refractivity contribution in [3.8, 4) is 0 Å². The summed E-state index contributed by atoms with van der Waals surface area (Å²) in [6, 6.07) is 13.0. The fourth-order valence-corrected chi connectivity index (χ4v) is 2.40. The highest BCUT2D eigenvalue weighted by atomic mass is 35.5. The van der Waals surface area contributed by atoms with Gasteiger partial charge in [-0.2, -0.15) is 0 Å². The van der Waals surface area contributed by atoms with Gasteiger partial charge in [-0.1, -0.05) is 47.5 Å². The van der Waals surface area contributed by atoms with Crippen LogP contribution in [-0.2, 0) is 11.2 Å². The van der Waals surface area contributed by atoms with Crippen LogP contribution < -0.4 is 5.32 Å². The Labute approximate surface area is 128 Å². The first-order valence-corrected chi connectivity index (χ1v) is 7.11. The van der Waals surface area contributed by atoms with Crippen molar-refractivity contribution in [3.05, 3.63) is 63.6 Å². The number of hydrogen-bond donors (Lipinski definition) is 1. The summed E-state index contributed by atoms with van der Waals surface area (Å²) in [5.41, 5.74) is 2.82. The predicted molar refractivity (Wildman–Crippen MR) is 84.6 cm³/mol. The van der Waals surface area contributed by atoms with Crippen LogP contribution in [0.3, 0.4) is 0 Å². The number of carbonyl (C=O) groups excluding carboxylic acids is 1. The second-order valence-corrected chi connectivity index (χ2v) is 5.44. The van der Waals surface area contributed by atoms with Gasteiger partial charge in [0.2, 0.25) is 5.91 Å². The second kappa shape index (κ2) is 6.78. The fourth-order valence-electron chi connectivity index (χ4n) is 1.90.